The van der Waals surface area contributed by atoms with Gasteiger partial charge in [-0.3, -0.25) is 0 Å². The molecule has 0 atom stereocenters. The minimum Gasteiger partial charge on any atom is -0.0760 e. The second kappa shape index (κ2) is 2.54. The summed E-state index contributed by atoms with van der Waals surface area (Å²) in [5.41, 5.74) is 4.48. The number of rotatable bonds is 2. The molecular weight excluding hydrogens is 132 g/mol. The Bertz CT molecular complexity index is 295. The third-order valence-electron chi connectivity index (χ3n) is 2.15. The van der Waals surface area contributed by atoms with Gasteiger partial charge in [0.05, 0.1) is 0 Å². The van der Waals surface area contributed by atoms with Crippen molar-refractivity contribution in [2.24, 2.45) is 0 Å². The van der Waals surface area contributed by atoms with Crippen LogP contribution in [-0.4, -0.2) is 0 Å². The van der Waals surface area contributed by atoms with Crippen molar-refractivity contribution < 1.29 is 0 Å². The summed E-state index contributed by atoms with van der Waals surface area (Å²) < 4.78 is 0. The van der Waals surface area contributed by atoms with Crippen LogP contribution in [-0.2, 0) is 6.42 Å². The Morgan fingerprint density at radius 2 is 2.00 bits per heavy atom. The van der Waals surface area contributed by atoms with Crippen LogP contribution in [0.2, 0.25) is 0 Å². The predicted molar refractivity (Wildman–Crippen MR) is 48.4 cm³/mol. The molecule has 11 heavy (non-hydrogen) atoms. The van der Waals surface area contributed by atoms with E-state index in [-0.39, 0.29) is 0 Å². The van der Waals surface area contributed by atoms with Gasteiger partial charge in [-0.1, -0.05) is 37.3 Å². The van der Waals surface area contributed by atoms with E-state index < -0.39 is 0 Å². The molecule has 0 saturated carbocycles. The molecule has 0 heteroatoms. The molecule has 56 valence electrons. The molecule has 0 unspecified atom stereocenters. The number of hydrogen-bond donors (Lipinski definition) is 0. The first-order valence-corrected chi connectivity index (χ1v) is 4.19. The Labute approximate surface area is 67.6 Å². The van der Waals surface area contributed by atoms with Crippen molar-refractivity contribution in [1.29, 1.82) is 0 Å². The highest BCUT2D eigenvalue weighted by atomic mass is 14.2. The maximum absolute atomic E-state index is 2.29. The molecule has 0 fully saturated rings. The summed E-state index contributed by atoms with van der Waals surface area (Å²) in [6.45, 7) is 2.21. The standard InChI is InChI=1S/C11H12/c1-2-9-5-3-4-6-11(9)10-7-8-10/h3-7H,2,8H2,1H3. The maximum atomic E-state index is 2.29. The summed E-state index contributed by atoms with van der Waals surface area (Å²) in [6.07, 6.45) is 4.64. The van der Waals surface area contributed by atoms with Gasteiger partial charge in [-0.15, -0.1) is 0 Å². The van der Waals surface area contributed by atoms with Crippen molar-refractivity contribution in [3.63, 3.8) is 0 Å². The lowest BCUT2D eigenvalue weighted by molar-refractivity contribution is 1.13. The van der Waals surface area contributed by atoms with Crippen molar-refractivity contribution in [1.82, 2.24) is 0 Å². The fraction of sp³-hybridized carbons (Fsp3) is 0.273. The van der Waals surface area contributed by atoms with E-state index in [4.69, 9.17) is 0 Å². The Kier molecular flexibility index (Phi) is 1.54. The highest BCUT2D eigenvalue weighted by Crippen LogP contribution is 2.32. The molecule has 1 aliphatic carbocycles. The van der Waals surface area contributed by atoms with Crippen LogP contribution in [0.5, 0.6) is 0 Å². The van der Waals surface area contributed by atoms with E-state index in [0.29, 0.717) is 0 Å². The summed E-state index contributed by atoms with van der Waals surface area (Å²) >= 11 is 0. The van der Waals surface area contributed by atoms with Gasteiger partial charge >= 0.3 is 0 Å². The van der Waals surface area contributed by atoms with E-state index in [1.54, 1.807) is 0 Å². The largest absolute Gasteiger partial charge is 0.0760 e. The van der Waals surface area contributed by atoms with E-state index in [1.165, 1.54) is 23.1 Å². The Morgan fingerprint density at radius 1 is 1.27 bits per heavy atom. The fourth-order valence-electron chi connectivity index (χ4n) is 1.41. The molecule has 1 aromatic carbocycles. The zero-order valence-electron chi connectivity index (χ0n) is 6.80. The third-order valence-corrected chi connectivity index (χ3v) is 2.15. The van der Waals surface area contributed by atoms with Gasteiger partial charge in [0.2, 0.25) is 0 Å². The molecule has 0 bridgehead atoms. The molecule has 0 N–H and O–H groups in total. The van der Waals surface area contributed by atoms with Gasteiger partial charge in [-0.05, 0) is 29.5 Å². The quantitative estimate of drug-likeness (QED) is 0.598. The Hall–Kier alpha value is -1.04. The molecular formula is C11H12. The van der Waals surface area contributed by atoms with Gasteiger partial charge in [0.15, 0.2) is 0 Å². The molecule has 0 amide bonds. The zero-order valence-corrected chi connectivity index (χ0v) is 6.80. The fourth-order valence-corrected chi connectivity index (χ4v) is 1.41. The molecule has 0 aliphatic heterocycles. The van der Waals surface area contributed by atoms with Gasteiger partial charge in [0, 0.05) is 0 Å². The predicted octanol–water partition coefficient (Wildman–Crippen LogP) is 3.04. The van der Waals surface area contributed by atoms with E-state index in [0.717, 1.165) is 6.42 Å². The number of benzene rings is 1. The van der Waals surface area contributed by atoms with Crippen molar-refractivity contribution in [3.8, 4) is 0 Å². The minimum absolute atomic E-state index is 1.15. The summed E-state index contributed by atoms with van der Waals surface area (Å²) in [5.74, 6) is 0. The number of allylic oxidation sites excluding steroid dienone is 2. The van der Waals surface area contributed by atoms with E-state index in [9.17, 15) is 0 Å². The molecule has 0 nitrogen and oxygen atoms in total. The van der Waals surface area contributed by atoms with Crippen LogP contribution in [0.1, 0.15) is 24.5 Å². The van der Waals surface area contributed by atoms with Crippen LogP contribution in [0, 0.1) is 0 Å². The summed E-state index contributed by atoms with van der Waals surface area (Å²) in [7, 11) is 0. The maximum Gasteiger partial charge on any atom is -0.00883 e. The van der Waals surface area contributed by atoms with Crippen molar-refractivity contribution in [2.45, 2.75) is 19.8 Å². The van der Waals surface area contributed by atoms with Gasteiger partial charge in [0.25, 0.3) is 0 Å². The highest BCUT2D eigenvalue weighted by Gasteiger charge is 2.11. The molecule has 0 saturated heterocycles. The topological polar surface area (TPSA) is 0 Å². The number of hydrogen-bond acceptors (Lipinski definition) is 0. The molecule has 1 aliphatic rings. The Balaban J connectivity index is 2.43. The lowest BCUT2D eigenvalue weighted by Crippen LogP contribution is -1.85. The molecule has 2 rings (SSSR count). The van der Waals surface area contributed by atoms with Crippen molar-refractivity contribution in [2.75, 3.05) is 0 Å². The van der Waals surface area contributed by atoms with E-state index in [2.05, 4.69) is 37.3 Å². The van der Waals surface area contributed by atoms with Gasteiger partial charge in [-0.2, -0.15) is 0 Å². The number of aryl methyl sites for hydroxylation is 1. The highest BCUT2D eigenvalue weighted by molar-refractivity contribution is 5.79. The third kappa shape index (κ3) is 1.21. The summed E-state index contributed by atoms with van der Waals surface area (Å²) in [5, 5.41) is 0. The van der Waals surface area contributed by atoms with Crippen LogP contribution >= 0.6 is 0 Å². The SMILES string of the molecule is CCc1ccccc1C1=CC1. The van der Waals surface area contributed by atoms with E-state index >= 15 is 0 Å². The van der Waals surface area contributed by atoms with Crippen LogP contribution in [0.25, 0.3) is 5.57 Å². The lowest BCUT2D eigenvalue weighted by Gasteiger charge is -2.02. The van der Waals surface area contributed by atoms with E-state index in [1.807, 2.05) is 0 Å². The first-order chi connectivity index (χ1) is 5.42. The molecule has 0 aromatic heterocycles. The summed E-state index contributed by atoms with van der Waals surface area (Å²) in [6, 6.07) is 8.67. The average molecular weight is 144 g/mol. The van der Waals surface area contributed by atoms with Crippen LogP contribution in [0.4, 0.5) is 0 Å². The first-order valence-electron chi connectivity index (χ1n) is 4.19. The molecule has 0 radical (unpaired) electrons. The monoisotopic (exact) mass is 144 g/mol. The normalized spacial score (nSPS) is 14.5. The first kappa shape index (κ1) is 6.66. The minimum atomic E-state index is 1.15. The van der Waals surface area contributed by atoms with Crippen molar-refractivity contribution >= 4 is 5.57 Å². The molecule has 0 spiro atoms. The smallest absolute Gasteiger partial charge is 0.00883 e. The van der Waals surface area contributed by atoms with Crippen LogP contribution in [0.3, 0.4) is 0 Å². The molecule has 0 heterocycles. The molecule has 1 aromatic rings. The second-order valence-corrected chi connectivity index (χ2v) is 2.94. The Morgan fingerprint density at radius 3 is 2.64 bits per heavy atom. The van der Waals surface area contributed by atoms with Gasteiger partial charge in [0.1, 0.15) is 0 Å². The second-order valence-electron chi connectivity index (χ2n) is 2.94. The summed E-state index contributed by atoms with van der Waals surface area (Å²) in [4.78, 5) is 0. The van der Waals surface area contributed by atoms with Gasteiger partial charge in [-0.25, -0.2) is 0 Å². The van der Waals surface area contributed by atoms with Crippen molar-refractivity contribution in [3.05, 3.63) is 41.5 Å². The zero-order chi connectivity index (χ0) is 7.68. The van der Waals surface area contributed by atoms with Crippen LogP contribution in [0.15, 0.2) is 30.3 Å². The van der Waals surface area contributed by atoms with Gasteiger partial charge < -0.3 is 0 Å². The lowest BCUT2D eigenvalue weighted by atomic mass is 10.0. The van der Waals surface area contributed by atoms with Crippen LogP contribution < -0.4 is 0 Å². The average Bonchev–Trinajstić information content (AvgIpc) is 2.87.